The minimum absolute atomic E-state index is 0.0417. The molecule has 0 aromatic rings. The van der Waals surface area contributed by atoms with Crippen LogP contribution >= 0.6 is 15.9 Å². The summed E-state index contributed by atoms with van der Waals surface area (Å²) in [6, 6.07) is 0. The van der Waals surface area contributed by atoms with Crippen LogP contribution in [-0.4, -0.2) is 40.9 Å². The molecule has 0 bridgehead atoms. The van der Waals surface area contributed by atoms with Crippen LogP contribution in [0, 0.1) is 0 Å². The SMILES string of the molecule is CCC(Br)C(=O)N1C[C@@H](C)O[C@@H](C)C1. The Morgan fingerprint density at radius 2 is 2.00 bits per heavy atom. The van der Waals surface area contributed by atoms with E-state index in [1.54, 1.807) is 0 Å². The van der Waals surface area contributed by atoms with Gasteiger partial charge in [0.15, 0.2) is 0 Å². The van der Waals surface area contributed by atoms with E-state index in [4.69, 9.17) is 4.74 Å². The maximum absolute atomic E-state index is 11.8. The average molecular weight is 264 g/mol. The van der Waals surface area contributed by atoms with Crippen LogP contribution in [0.1, 0.15) is 27.2 Å². The van der Waals surface area contributed by atoms with Crippen LogP contribution in [0.25, 0.3) is 0 Å². The number of morpholine rings is 1. The predicted octanol–water partition coefficient (Wildman–Crippen LogP) is 1.80. The highest BCUT2D eigenvalue weighted by Gasteiger charge is 2.28. The van der Waals surface area contributed by atoms with Crippen molar-refractivity contribution in [2.75, 3.05) is 13.1 Å². The van der Waals surface area contributed by atoms with Gasteiger partial charge in [-0.15, -0.1) is 0 Å². The minimum atomic E-state index is -0.0417. The maximum atomic E-state index is 11.8. The fourth-order valence-electron chi connectivity index (χ4n) is 1.73. The van der Waals surface area contributed by atoms with E-state index in [0.29, 0.717) is 13.1 Å². The normalized spacial score (nSPS) is 30.1. The van der Waals surface area contributed by atoms with Gasteiger partial charge in [-0.2, -0.15) is 0 Å². The van der Waals surface area contributed by atoms with Crippen LogP contribution in [-0.2, 0) is 9.53 Å². The van der Waals surface area contributed by atoms with Crippen LogP contribution in [0.15, 0.2) is 0 Å². The van der Waals surface area contributed by atoms with Gasteiger partial charge in [-0.1, -0.05) is 22.9 Å². The van der Waals surface area contributed by atoms with Crippen molar-refractivity contribution >= 4 is 21.8 Å². The molecule has 14 heavy (non-hydrogen) atoms. The molecule has 1 amide bonds. The fourth-order valence-corrected chi connectivity index (χ4v) is 2.02. The standard InChI is InChI=1S/C10H18BrNO2/c1-4-9(11)10(13)12-5-7(2)14-8(3)6-12/h7-9H,4-6H2,1-3H3/t7-,8+,9?. The zero-order chi connectivity index (χ0) is 10.7. The summed E-state index contributed by atoms with van der Waals surface area (Å²) in [7, 11) is 0. The number of carbonyl (C=O) groups excluding carboxylic acids is 1. The van der Waals surface area contributed by atoms with Gasteiger partial charge in [-0.25, -0.2) is 0 Å². The Labute approximate surface area is 93.9 Å². The van der Waals surface area contributed by atoms with Crippen molar-refractivity contribution in [1.29, 1.82) is 0 Å². The van der Waals surface area contributed by atoms with E-state index in [2.05, 4.69) is 15.9 Å². The highest BCUT2D eigenvalue weighted by molar-refractivity contribution is 9.10. The van der Waals surface area contributed by atoms with Gasteiger partial charge in [-0.05, 0) is 20.3 Å². The first-order valence-electron chi connectivity index (χ1n) is 5.13. The average Bonchev–Trinajstić information content (AvgIpc) is 2.14. The van der Waals surface area contributed by atoms with Crippen LogP contribution < -0.4 is 0 Å². The van der Waals surface area contributed by atoms with E-state index in [-0.39, 0.29) is 22.9 Å². The molecule has 1 heterocycles. The zero-order valence-corrected chi connectivity index (χ0v) is 10.6. The van der Waals surface area contributed by atoms with Crippen LogP contribution in [0.4, 0.5) is 0 Å². The molecule has 0 aliphatic carbocycles. The molecule has 1 saturated heterocycles. The summed E-state index contributed by atoms with van der Waals surface area (Å²) in [6.07, 6.45) is 1.14. The highest BCUT2D eigenvalue weighted by Crippen LogP contribution is 2.15. The third kappa shape index (κ3) is 2.95. The quantitative estimate of drug-likeness (QED) is 0.712. The number of hydrogen-bond acceptors (Lipinski definition) is 2. The molecule has 82 valence electrons. The van der Waals surface area contributed by atoms with Gasteiger partial charge in [0.05, 0.1) is 17.0 Å². The predicted molar refractivity (Wildman–Crippen MR) is 59.6 cm³/mol. The monoisotopic (exact) mass is 263 g/mol. The number of alkyl halides is 1. The van der Waals surface area contributed by atoms with E-state index in [1.807, 2.05) is 25.7 Å². The molecule has 4 heteroatoms. The van der Waals surface area contributed by atoms with Gasteiger partial charge in [0, 0.05) is 13.1 Å². The van der Waals surface area contributed by atoms with E-state index < -0.39 is 0 Å². The summed E-state index contributed by atoms with van der Waals surface area (Å²) in [6.45, 7) is 7.44. The van der Waals surface area contributed by atoms with Crippen LogP contribution in [0.2, 0.25) is 0 Å². The summed E-state index contributed by atoms with van der Waals surface area (Å²) in [5.74, 6) is 0.189. The van der Waals surface area contributed by atoms with E-state index in [9.17, 15) is 4.79 Å². The molecular weight excluding hydrogens is 246 g/mol. The molecule has 0 radical (unpaired) electrons. The van der Waals surface area contributed by atoms with Gasteiger partial charge >= 0.3 is 0 Å². The number of rotatable bonds is 2. The summed E-state index contributed by atoms with van der Waals surface area (Å²) in [5, 5.41) is 0. The minimum Gasteiger partial charge on any atom is -0.372 e. The Bertz CT molecular complexity index is 200. The van der Waals surface area contributed by atoms with Gasteiger partial charge in [0.25, 0.3) is 0 Å². The van der Waals surface area contributed by atoms with Gasteiger partial charge in [-0.3, -0.25) is 4.79 Å². The summed E-state index contributed by atoms with van der Waals surface area (Å²) >= 11 is 3.39. The summed E-state index contributed by atoms with van der Waals surface area (Å²) in [5.41, 5.74) is 0. The Hall–Kier alpha value is -0.0900. The van der Waals surface area contributed by atoms with Crippen LogP contribution in [0.5, 0.6) is 0 Å². The fraction of sp³-hybridized carbons (Fsp3) is 0.900. The topological polar surface area (TPSA) is 29.5 Å². The molecule has 1 unspecified atom stereocenters. The third-order valence-corrected chi connectivity index (χ3v) is 3.40. The summed E-state index contributed by atoms with van der Waals surface area (Å²) < 4.78 is 5.57. The Morgan fingerprint density at radius 3 is 2.43 bits per heavy atom. The van der Waals surface area contributed by atoms with Gasteiger partial charge < -0.3 is 9.64 Å². The highest BCUT2D eigenvalue weighted by atomic mass is 79.9. The lowest BCUT2D eigenvalue weighted by atomic mass is 10.2. The Morgan fingerprint density at radius 1 is 1.50 bits per heavy atom. The largest absolute Gasteiger partial charge is 0.372 e. The summed E-state index contributed by atoms with van der Waals surface area (Å²) in [4.78, 5) is 13.7. The lowest BCUT2D eigenvalue weighted by Gasteiger charge is -2.36. The number of amides is 1. The first-order valence-corrected chi connectivity index (χ1v) is 6.04. The third-order valence-electron chi connectivity index (χ3n) is 2.36. The van der Waals surface area contributed by atoms with E-state index >= 15 is 0 Å². The number of halogens is 1. The van der Waals surface area contributed by atoms with E-state index in [0.717, 1.165) is 6.42 Å². The molecule has 1 aliphatic rings. The van der Waals surface area contributed by atoms with Crippen molar-refractivity contribution in [2.24, 2.45) is 0 Å². The molecule has 1 fully saturated rings. The number of carbonyl (C=O) groups is 1. The molecule has 1 aliphatic heterocycles. The van der Waals surface area contributed by atoms with Gasteiger partial charge in [0.1, 0.15) is 0 Å². The molecular formula is C10H18BrNO2. The molecule has 1 rings (SSSR count). The maximum Gasteiger partial charge on any atom is 0.236 e. The lowest BCUT2D eigenvalue weighted by molar-refractivity contribution is -0.142. The first-order chi connectivity index (χ1) is 6.54. The molecule has 0 aromatic carbocycles. The van der Waals surface area contributed by atoms with Gasteiger partial charge in [0.2, 0.25) is 5.91 Å². The van der Waals surface area contributed by atoms with Crippen molar-refractivity contribution in [1.82, 2.24) is 4.90 Å². The van der Waals surface area contributed by atoms with Crippen molar-refractivity contribution in [2.45, 2.75) is 44.2 Å². The van der Waals surface area contributed by atoms with Crippen molar-refractivity contribution < 1.29 is 9.53 Å². The second kappa shape index (κ2) is 5.12. The van der Waals surface area contributed by atoms with Crippen molar-refractivity contribution in [3.05, 3.63) is 0 Å². The molecule has 0 saturated carbocycles. The Kier molecular flexibility index (Phi) is 4.38. The molecule has 3 nitrogen and oxygen atoms in total. The smallest absolute Gasteiger partial charge is 0.236 e. The molecule has 3 atom stereocenters. The molecule has 0 spiro atoms. The number of nitrogens with zero attached hydrogens (tertiary/aromatic N) is 1. The lowest BCUT2D eigenvalue weighted by Crippen LogP contribution is -2.50. The zero-order valence-electron chi connectivity index (χ0n) is 9.00. The number of hydrogen-bond donors (Lipinski definition) is 0. The molecule has 0 N–H and O–H groups in total. The second-order valence-electron chi connectivity index (χ2n) is 3.88. The number of ether oxygens (including phenoxy) is 1. The van der Waals surface area contributed by atoms with Crippen molar-refractivity contribution in [3.8, 4) is 0 Å². The van der Waals surface area contributed by atoms with Crippen LogP contribution in [0.3, 0.4) is 0 Å². The van der Waals surface area contributed by atoms with E-state index in [1.165, 1.54) is 0 Å². The van der Waals surface area contributed by atoms with Crippen molar-refractivity contribution in [3.63, 3.8) is 0 Å². The second-order valence-corrected chi connectivity index (χ2v) is 4.98. The molecule has 0 aromatic heterocycles. The first kappa shape index (κ1) is 12.0. The Balaban J connectivity index is 2.54.